The molecule has 1 aliphatic rings. The largest absolute Gasteiger partial charge is 0.440 e. The van der Waals surface area contributed by atoms with Gasteiger partial charge in [0.25, 0.3) is 0 Å². The number of para-hydroxylation sites is 4. The van der Waals surface area contributed by atoms with Crippen molar-refractivity contribution in [3.63, 3.8) is 0 Å². The Labute approximate surface area is 332 Å². The second-order valence-electron chi connectivity index (χ2n) is 16.2. The number of ether oxygens (including phenoxy) is 1. The summed E-state index contributed by atoms with van der Waals surface area (Å²) in [6.07, 6.45) is 0. The Morgan fingerprint density at radius 3 is 1.33 bits per heavy atom. The normalized spacial score (nSPS) is 13.8. The van der Waals surface area contributed by atoms with Gasteiger partial charge in [0.05, 0.1) is 11.3 Å². The lowest BCUT2D eigenvalue weighted by Gasteiger charge is -2.35. The Morgan fingerprint density at radius 2 is 0.860 bits per heavy atom. The summed E-state index contributed by atoms with van der Waals surface area (Å²) in [7, 11) is 12.8. The highest BCUT2D eigenvalue weighted by molar-refractivity contribution is 6.14. The van der Waals surface area contributed by atoms with E-state index in [0.29, 0.717) is 5.56 Å². The monoisotopic (exact) mass is 749 g/mol. The molecule has 1 aliphatic heterocycles. The maximum Gasteiger partial charge on any atom is 0.340 e. The van der Waals surface area contributed by atoms with Gasteiger partial charge in [-0.1, -0.05) is 72.8 Å². The zero-order valence-electron chi connectivity index (χ0n) is 34.4. The van der Waals surface area contributed by atoms with Gasteiger partial charge in [0.2, 0.25) is 0 Å². The Kier molecular flexibility index (Phi) is 7.37. The Bertz CT molecular complexity index is 3110. The zero-order valence-corrected chi connectivity index (χ0v) is 34.4. The fourth-order valence-corrected chi connectivity index (χ4v) is 10.4. The first-order valence-electron chi connectivity index (χ1n) is 19.7. The molecule has 0 radical (unpaired) electrons. The fourth-order valence-electron chi connectivity index (χ4n) is 10.4. The van der Waals surface area contributed by atoms with Crippen LogP contribution in [-0.4, -0.2) is 38.3 Å². The van der Waals surface area contributed by atoms with E-state index in [-0.39, 0.29) is 5.97 Å². The molecule has 5 heterocycles. The van der Waals surface area contributed by atoms with E-state index in [0.717, 1.165) is 111 Å². The van der Waals surface area contributed by atoms with Crippen LogP contribution in [0.4, 0.5) is 5.69 Å². The third-order valence-corrected chi connectivity index (χ3v) is 13.4. The number of rotatable bonds is 5. The van der Waals surface area contributed by atoms with Gasteiger partial charge in [0.1, 0.15) is 0 Å². The van der Waals surface area contributed by atoms with Gasteiger partial charge in [0.15, 0.2) is 5.60 Å². The van der Waals surface area contributed by atoms with E-state index in [4.69, 9.17) is 4.74 Å². The highest BCUT2D eigenvalue weighted by Crippen LogP contribution is 2.60. The fraction of sp³-hybridized carbons (Fsp3) is 0.220. The lowest BCUT2D eigenvalue weighted by atomic mass is 9.72. The van der Waals surface area contributed by atoms with Crippen LogP contribution in [0, 0.1) is 27.7 Å². The van der Waals surface area contributed by atoms with E-state index in [9.17, 15) is 0 Å². The van der Waals surface area contributed by atoms with E-state index in [2.05, 4.69) is 196 Å². The number of nitrogens with zero attached hydrogens (tertiary/aromatic N) is 5. The molecule has 9 aromatic rings. The topological polar surface area (TPSA) is 49.3 Å². The molecule has 0 spiro atoms. The third-order valence-electron chi connectivity index (χ3n) is 13.4. The van der Waals surface area contributed by atoms with Crippen molar-refractivity contribution < 1.29 is 9.53 Å². The van der Waals surface area contributed by atoms with Crippen molar-refractivity contribution in [2.75, 3.05) is 19.0 Å². The van der Waals surface area contributed by atoms with Crippen LogP contribution in [0.2, 0.25) is 0 Å². The van der Waals surface area contributed by atoms with Crippen molar-refractivity contribution >= 4 is 55.3 Å². The Balaban J connectivity index is 1.52. The van der Waals surface area contributed by atoms with Gasteiger partial charge < -0.3 is 27.9 Å². The van der Waals surface area contributed by atoms with Gasteiger partial charge in [-0.25, -0.2) is 4.79 Å². The first-order chi connectivity index (χ1) is 27.4. The zero-order chi connectivity index (χ0) is 39.8. The van der Waals surface area contributed by atoms with Crippen molar-refractivity contribution in [1.29, 1.82) is 0 Å². The van der Waals surface area contributed by atoms with E-state index in [1.807, 2.05) is 0 Å². The highest BCUT2D eigenvalue weighted by Gasteiger charge is 2.56. The molecular formula is C50H47N5O2. The summed E-state index contributed by atoms with van der Waals surface area (Å²) < 4.78 is 16.4. The van der Waals surface area contributed by atoms with Crippen LogP contribution in [-0.2, 0) is 38.5 Å². The standard InChI is InChI=1S/C50H47N5O2/c1-28-42(32-19-11-15-23-38(32)52(28)7)36-27-37-47(44(48(36)51(5)6)43-29(2)53(8)39-24-16-12-20-33(39)43)50(57-49(37)56,45-30(3)54(9)40-25-17-13-21-34(40)45)46-31(4)55(10)41-26-18-14-22-35(41)46/h11-27H,1-10H3. The first-order valence-corrected chi connectivity index (χ1v) is 19.7. The molecule has 284 valence electrons. The summed E-state index contributed by atoms with van der Waals surface area (Å²) in [5, 5.41) is 4.40. The van der Waals surface area contributed by atoms with Gasteiger partial charge in [-0.3, -0.25) is 0 Å². The molecular weight excluding hydrogens is 703 g/mol. The summed E-state index contributed by atoms with van der Waals surface area (Å²) in [5.74, 6) is -0.326. The van der Waals surface area contributed by atoms with Gasteiger partial charge >= 0.3 is 5.97 Å². The van der Waals surface area contributed by atoms with Crippen LogP contribution in [0.3, 0.4) is 0 Å². The van der Waals surface area contributed by atoms with Gasteiger partial charge in [-0.15, -0.1) is 0 Å². The maximum absolute atomic E-state index is 15.4. The quantitative estimate of drug-likeness (QED) is 0.165. The average Bonchev–Trinajstić information content (AvgIpc) is 3.91. The molecule has 0 unspecified atom stereocenters. The molecule has 0 amide bonds. The number of esters is 1. The molecule has 10 rings (SSSR count). The van der Waals surface area contributed by atoms with Crippen molar-refractivity contribution in [2.24, 2.45) is 28.2 Å². The third kappa shape index (κ3) is 4.34. The number of carbonyl (C=O) groups is 1. The van der Waals surface area contributed by atoms with E-state index >= 15 is 4.79 Å². The van der Waals surface area contributed by atoms with Crippen LogP contribution < -0.4 is 4.90 Å². The number of aromatic nitrogens is 4. The molecule has 7 heteroatoms. The minimum Gasteiger partial charge on any atom is -0.440 e. The molecule has 0 bridgehead atoms. The minimum atomic E-state index is -1.32. The van der Waals surface area contributed by atoms with Crippen molar-refractivity contribution in [3.05, 3.63) is 148 Å². The smallest absolute Gasteiger partial charge is 0.340 e. The lowest BCUT2D eigenvalue weighted by molar-refractivity contribution is 0.0257. The van der Waals surface area contributed by atoms with Crippen LogP contribution in [0.1, 0.15) is 49.8 Å². The van der Waals surface area contributed by atoms with Crippen molar-refractivity contribution in [1.82, 2.24) is 18.3 Å². The highest BCUT2D eigenvalue weighted by atomic mass is 16.6. The number of carbonyl (C=O) groups excluding carboxylic acids is 1. The van der Waals surface area contributed by atoms with E-state index < -0.39 is 5.60 Å². The van der Waals surface area contributed by atoms with E-state index in [1.165, 1.54) is 0 Å². The summed E-state index contributed by atoms with van der Waals surface area (Å²) in [4.78, 5) is 17.7. The molecule has 0 saturated heterocycles. The molecule has 0 N–H and O–H groups in total. The second-order valence-corrected chi connectivity index (χ2v) is 16.2. The van der Waals surface area contributed by atoms with Gasteiger partial charge in [-0.2, -0.15) is 0 Å². The molecule has 0 fully saturated rings. The predicted octanol–water partition coefficient (Wildman–Crippen LogP) is 10.7. The molecule has 0 saturated carbocycles. The van der Waals surface area contributed by atoms with Gasteiger partial charge in [0, 0.05) is 148 Å². The minimum absolute atomic E-state index is 0.326. The second kappa shape index (κ2) is 12.0. The summed E-state index contributed by atoms with van der Waals surface area (Å²) in [6, 6.07) is 36.5. The van der Waals surface area contributed by atoms with Crippen molar-refractivity contribution in [3.8, 4) is 22.3 Å². The van der Waals surface area contributed by atoms with Crippen molar-refractivity contribution in [2.45, 2.75) is 33.3 Å². The SMILES string of the molecule is Cc1c(-c2cc3c(c(-c4c(C)n(C)c5ccccc45)c2N(C)C)C(c2c(C)n(C)c4ccccc24)(c2c(C)n(C)c4ccccc24)OC3=O)c2ccccc2n1C. The number of anilines is 1. The summed E-state index contributed by atoms with van der Waals surface area (Å²) in [5.41, 5.74) is 16.2. The number of aryl methyl sites for hydroxylation is 4. The Hall–Kier alpha value is -6.47. The summed E-state index contributed by atoms with van der Waals surface area (Å²) >= 11 is 0. The average molecular weight is 750 g/mol. The predicted molar refractivity (Wildman–Crippen MR) is 235 cm³/mol. The van der Waals surface area contributed by atoms with Crippen LogP contribution >= 0.6 is 0 Å². The molecule has 7 nitrogen and oxygen atoms in total. The van der Waals surface area contributed by atoms with Crippen LogP contribution in [0.25, 0.3) is 65.9 Å². The molecule has 4 aromatic heterocycles. The number of cyclic esters (lactones) is 1. The summed E-state index contributed by atoms with van der Waals surface area (Å²) in [6.45, 7) is 8.74. The number of benzene rings is 5. The van der Waals surface area contributed by atoms with Gasteiger partial charge in [-0.05, 0) is 58.0 Å². The van der Waals surface area contributed by atoms with Crippen LogP contribution in [0.5, 0.6) is 0 Å². The van der Waals surface area contributed by atoms with Crippen LogP contribution in [0.15, 0.2) is 103 Å². The number of hydrogen-bond acceptors (Lipinski definition) is 3. The maximum atomic E-state index is 15.4. The number of hydrogen-bond donors (Lipinski definition) is 0. The first kappa shape index (κ1) is 35.0. The Morgan fingerprint density at radius 1 is 0.474 bits per heavy atom. The molecule has 57 heavy (non-hydrogen) atoms. The molecule has 0 aliphatic carbocycles. The number of fused-ring (bicyclic) bond motifs is 5. The van der Waals surface area contributed by atoms with E-state index in [1.54, 1.807) is 0 Å². The molecule has 0 atom stereocenters. The molecule has 5 aromatic carbocycles. The lowest BCUT2D eigenvalue weighted by Crippen LogP contribution is -2.32.